The van der Waals surface area contributed by atoms with Crippen LogP contribution in [0.4, 0.5) is 0 Å². The zero-order valence-electron chi connectivity index (χ0n) is 9.70. The lowest BCUT2D eigenvalue weighted by atomic mass is 10.1. The Bertz CT molecular complexity index is 384. The van der Waals surface area contributed by atoms with Gasteiger partial charge in [-0.3, -0.25) is 4.90 Å². The van der Waals surface area contributed by atoms with Crippen LogP contribution in [-0.4, -0.2) is 29.7 Å². The third kappa shape index (κ3) is 3.59. The summed E-state index contributed by atoms with van der Waals surface area (Å²) in [6.07, 6.45) is 2.10. The number of hydrogen-bond acceptors (Lipinski definition) is 2. The second-order valence-corrected chi connectivity index (χ2v) is 5.46. The summed E-state index contributed by atoms with van der Waals surface area (Å²) in [5.41, 5.74) is 1.20. The zero-order valence-corrected chi connectivity index (χ0v) is 11.2. The smallest absolute Gasteiger partial charge is 0.0595 e. The monoisotopic (exact) mass is 273 g/mol. The highest BCUT2D eigenvalue weighted by atomic mass is 35.5. The van der Waals surface area contributed by atoms with E-state index < -0.39 is 0 Å². The fourth-order valence-electron chi connectivity index (χ4n) is 2.37. The first kappa shape index (κ1) is 13.2. The van der Waals surface area contributed by atoms with Crippen LogP contribution in [0.25, 0.3) is 0 Å². The van der Waals surface area contributed by atoms with E-state index in [1.165, 1.54) is 12.0 Å². The van der Waals surface area contributed by atoms with E-state index >= 15 is 0 Å². The lowest BCUT2D eigenvalue weighted by molar-refractivity contribution is 0.249. The number of halogens is 2. The zero-order chi connectivity index (χ0) is 12.3. The molecule has 1 unspecified atom stereocenters. The molecule has 1 aromatic carbocycles. The fraction of sp³-hybridized carbons (Fsp3) is 0.538. The number of hydrogen-bond donors (Lipinski definition) is 1. The summed E-state index contributed by atoms with van der Waals surface area (Å²) < 4.78 is 0. The van der Waals surface area contributed by atoms with Gasteiger partial charge in [0, 0.05) is 19.7 Å². The molecule has 0 spiro atoms. The van der Waals surface area contributed by atoms with Crippen molar-refractivity contribution in [2.45, 2.75) is 19.4 Å². The molecule has 1 aliphatic heterocycles. The molecule has 1 fully saturated rings. The van der Waals surface area contributed by atoms with Gasteiger partial charge in [-0.25, -0.2) is 0 Å². The maximum Gasteiger partial charge on any atom is 0.0595 e. The van der Waals surface area contributed by atoms with Crippen LogP contribution in [0.15, 0.2) is 18.2 Å². The highest BCUT2D eigenvalue weighted by molar-refractivity contribution is 6.42. The van der Waals surface area contributed by atoms with Crippen LogP contribution < -0.4 is 0 Å². The molecule has 2 rings (SSSR count). The van der Waals surface area contributed by atoms with E-state index in [0.29, 0.717) is 22.6 Å². The van der Waals surface area contributed by atoms with Crippen molar-refractivity contribution >= 4 is 23.2 Å². The average Bonchev–Trinajstić information content (AvgIpc) is 2.72. The molecule has 0 radical (unpaired) electrons. The van der Waals surface area contributed by atoms with E-state index in [0.717, 1.165) is 26.1 Å². The van der Waals surface area contributed by atoms with Crippen LogP contribution in [-0.2, 0) is 6.54 Å². The largest absolute Gasteiger partial charge is 0.396 e. The predicted octanol–water partition coefficient (Wildman–Crippen LogP) is 3.20. The third-order valence-electron chi connectivity index (χ3n) is 3.30. The third-order valence-corrected chi connectivity index (χ3v) is 4.04. The Morgan fingerprint density at radius 3 is 2.82 bits per heavy atom. The average molecular weight is 274 g/mol. The molecule has 0 aromatic heterocycles. The molecule has 1 heterocycles. The van der Waals surface area contributed by atoms with Crippen molar-refractivity contribution in [3.05, 3.63) is 33.8 Å². The lowest BCUT2D eigenvalue weighted by Gasteiger charge is -2.16. The van der Waals surface area contributed by atoms with Crippen LogP contribution in [0.2, 0.25) is 10.0 Å². The Kier molecular flexibility index (Phi) is 4.69. The van der Waals surface area contributed by atoms with Gasteiger partial charge in [-0.1, -0.05) is 29.3 Å². The first-order chi connectivity index (χ1) is 8.19. The predicted molar refractivity (Wildman–Crippen MR) is 71.5 cm³/mol. The first-order valence-corrected chi connectivity index (χ1v) is 6.72. The van der Waals surface area contributed by atoms with Crippen LogP contribution in [0, 0.1) is 5.92 Å². The summed E-state index contributed by atoms with van der Waals surface area (Å²) in [6.45, 7) is 3.38. The Labute approximate surface area is 112 Å². The summed E-state index contributed by atoms with van der Waals surface area (Å²) in [6, 6.07) is 5.80. The van der Waals surface area contributed by atoms with Crippen molar-refractivity contribution in [1.29, 1.82) is 0 Å². The molecule has 17 heavy (non-hydrogen) atoms. The molecule has 0 bridgehead atoms. The summed E-state index contributed by atoms with van der Waals surface area (Å²) in [7, 11) is 0. The van der Waals surface area contributed by atoms with Crippen LogP contribution in [0.3, 0.4) is 0 Å². The van der Waals surface area contributed by atoms with Gasteiger partial charge in [0.1, 0.15) is 0 Å². The topological polar surface area (TPSA) is 23.5 Å². The van der Waals surface area contributed by atoms with Gasteiger partial charge >= 0.3 is 0 Å². The van der Waals surface area contributed by atoms with Crippen LogP contribution in [0.5, 0.6) is 0 Å². The van der Waals surface area contributed by atoms with Crippen molar-refractivity contribution < 1.29 is 5.11 Å². The van der Waals surface area contributed by atoms with Crippen LogP contribution in [0.1, 0.15) is 18.4 Å². The normalized spacial score (nSPS) is 21.0. The summed E-state index contributed by atoms with van der Waals surface area (Å²) >= 11 is 11.9. The molecule has 1 aliphatic rings. The lowest BCUT2D eigenvalue weighted by Crippen LogP contribution is -2.20. The fourth-order valence-corrected chi connectivity index (χ4v) is 2.69. The second-order valence-electron chi connectivity index (χ2n) is 4.65. The summed E-state index contributed by atoms with van der Waals surface area (Å²) in [5.74, 6) is 0.641. The van der Waals surface area contributed by atoms with Crippen molar-refractivity contribution in [3.63, 3.8) is 0 Å². The molecule has 0 aliphatic carbocycles. The minimum absolute atomic E-state index is 0.297. The standard InChI is InChI=1S/C13H17Cl2NO/c14-12-2-1-11(7-13(12)15)9-16-5-3-10(8-16)4-6-17/h1-2,7,10,17H,3-6,8-9H2. The Hall–Kier alpha value is -0.280. The highest BCUT2D eigenvalue weighted by Crippen LogP contribution is 2.25. The van der Waals surface area contributed by atoms with Gasteiger partial charge < -0.3 is 5.11 Å². The van der Waals surface area contributed by atoms with Crippen molar-refractivity contribution in [3.8, 4) is 0 Å². The van der Waals surface area contributed by atoms with E-state index in [1.54, 1.807) is 0 Å². The molecule has 1 saturated heterocycles. The minimum Gasteiger partial charge on any atom is -0.396 e. The van der Waals surface area contributed by atoms with Gasteiger partial charge in [0.2, 0.25) is 0 Å². The SMILES string of the molecule is OCCC1CCN(Cc2ccc(Cl)c(Cl)c2)C1. The van der Waals surface area contributed by atoms with Gasteiger partial charge in [0.25, 0.3) is 0 Å². The minimum atomic E-state index is 0.297. The quantitative estimate of drug-likeness (QED) is 0.911. The Morgan fingerprint density at radius 2 is 2.12 bits per heavy atom. The van der Waals surface area contributed by atoms with E-state index in [1.807, 2.05) is 18.2 Å². The molecule has 0 amide bonds. The number of rotatable bonds is 4. The van der Waals surface area contributed by atoms with Crippen molar-refractivity contribution in [1.82, 2.24) is 4.90 Å². The number of aliphatic hydroxyl groups is 1. The van der Waals surface area contributed by atoms with E-state index in [9.17, 15) is 0 Å². The molecule has 4 heteroatoms. The van der Waals surface area contributed by atoms with Gasteiger partial charge in [0.15, 0.2) is 0 Å². The molecule has 1 aromatic rings. The van der Waals surface area contributed by atoms with E-state index in [4.69, 9.17) is 28.3 Å². The maximum atomic E-state index is 8.92. The van der Waals surface area contributed by atoms with E-state index in [-0.39, 0.29) is 0 Å². The molecular weight excluding hydrogens is 257 g/mol. The number of aliphatic hydroxyl groups excluding tert-OH is 1. The molecule has 2 nitrogen and oxygen atoms in total. The Morgan fingerprint density at radius 1 is 1.29 bits per heavy atom. The summed E-state index contributed by atoms with van der Waals surface area (Å²) in [4.78, 5) is 2.40. The molecule has 1 atom stereocenters. The molecule has 94 valence electrons. The van der Waals surface area contributed by atoms with E-state index in [2.05, 4.69) is 4.90 Å². The van der Waals surface area contributed by atoms with Crippen molar-refractivity contribution in [2.24, 2.45) is 5.92 Å². The van der Waals surface area contributed by atoms with Crippen LogP contribution >= 0.6 is 23.2 Å². The van der Waals surface area contributed by atoms with Gasteiger partial charge in [-0.2, -0.15) is 0 Å². The maximum absolute atomic E-state index is 8.92. The number of benzene rings is 1. The summed E-state index contributed by atoms with van der Waals surface area (Å²) in [5, 5.41) is 10.1. The first-order valence-electron chi connectivity index (χ1n) is 5.96. The number of nitrogens with zero attached hydrogens (tertiary/aromatic N) is 1. The van der Waals surface area contributed by atoms with Gasteiger partial charge in [-0.05, 0) is 43.0 Å². The van der Waals surface area contributed by atoms with Crippen molar-refractivity contribution in [2.75, 3.05) is 19.7 Å². The van der Waals surface area contributed by atoms with Gasteiger partial charge in [0.05, 0.1) is 10.0 Å². The van der Waals surface area contributed by atoms with Gasteiger partial charge in [-0.15, -0.1) is 0 Å². The highest BCUT2D eigenvalue weighted by Gasteiger charge is 2.21. The number of likely N-dealkylation sites (tertiary alicyclic amines) is 1. The molecule has 1 N–H and O–H groups in total. The molecule has 0 saturated carbocycles. The Balaban J connectivity index is 1.91. The second kappa shape index (κ2) is 6.05. The molecular formula is C13H17Cl2NO.